The highest BCUT2D eigenvalue weighted by Crippen LogP contribution is 2.20. The highest BCUT2D eigenvalue weighted by Gasteiger charge is 2.06. The number of rotatable bonds is 1. The van der Waals surface area contributed by atoms with Gasteiger partial charge in [0, 0.05) is 5.88 Å². The van der Waals surface area contributed by atoms with E-state index in [2.05, 4.69) is 25.2 Å². The summed E-state index contributed by atoms with van der Waals surface area (Å²) in [5.74, 6) is 1.35. The van der Waals surface area contributed by atoms with Crippen molar-refractivity contribution in [2.24, 2.45) is 5.92 Å². The minimum Gasteiger partial charge on any atom is -0.122 e. The molecule has 0 fully saturated rings. The van der Waals surface area contributed by atoms with Gasteiger partial charge in [-0.25, -0.2) is 0 Å². The van der Waals surface area contributed by atoms with E-state index in [0.717, 1.165) is 6.42 Å². The third kappa shape index (κ3) is 1.59. The Labute approximate surface area is 61.2 Å². The van der Waals surface area contributed by atoms with Gasteiger partial charge in [-0.1, -0.05) is 30.7 Å². The SMILES string of the molecule is CC1CC=CC=C1CCl. The average Bonchev–Trinajstić information content (AvgIpc) is 1.89. The molecule has 1 aliphatic carbocycles. The molecule has 0 saturated carbocycles. The van der Waals surface area contributed by atoms with Crippen molar-refractivity contribution in [2.45, 2.75) is 13.3 Å². The first-order valence-corrected chi connectivity index (χ1v) is 3.79. The minimum absolute atomic E-state index is 0.660. The Kier molecular flexibility index (Phi) is 2.35. The number of allylic oxidation sites excluding steroid dienone is 4. The molecule has 0 amide bonds. The summed E-state index contributed by atoms with van der Waals surface area (Å²) in [5, 5.41) is 0. The molecule has 0 aromatic heterocycles. The maximum Gasteiger partial charge on any atom is 0.0439 e. The molecule has 1 rings (SSSR count). The van der Waals surface area contributed by atoms with E-state index in [-0.39, 0.29) is 0 Å². The van der Waals surface area contributed by atoms with Crippen molar-refractivity contribution in [2.75, 3.05) is 5.88 Å². The van der Waals surface area contributed by atoms with Gasteiger partial charge in [-0.3, -0.25) is 0 Å². The van der Waals surface area contributed by atoms with Gasteiger partial charge in [0.1, 0.15) is 0 Å². The number of alkyl halides is 1. The van der Waals surface area contributed by atoms with Gasteiger partial charge in [0.15, 0.2) is 0 Å². The van der Waals surface area contributed by atoms with Crippen molar-refractivity contribution in [3.63, 3.8) is 0 Å². The van der Waals surface area contributed by atoms with Crippen LogP contribution in [0.15, 0.2) is 23.8 Å². The second-order valence-corrected chi connectivity index (χ2v) is 2.71. The van der Waals surface area contributed by atoms with Gasteiger partial charge < -0.3 is 0 Å². The van der Waals surface area contributed by atoms with Crippen LogP contribution in [-0.2, 0) is 0 Å². The summed E-state index contributed by atoms with van der Waals surface area (Å²) in [6, 6.07) is 0. The van der Waals surface area contributed by atoms with Crippen LogP contribution in [0.4, 0.5) is 0 Å². The van der Waals surface area contributed by atoms with Gasteiger partial charge in [0.25, 0.3) is 0 Å². The number of halogens is 1. The lowest BCUT2D eigenvalue weighted by molar-refractivity contribution is 0.688. The fourth-order valence-corrected chi connectivity index (χ4v) is 1.32. The summed E-state index contributed by atoms with van der Waals surface area (Å²) in [5.41, 5.74) is 1.36. The van der Waals surface area contributed by atoms with E-state index in [1.165, 1.54) is 5.57 Å². The fraction of sp³-hybridized carbons (Fsp3) is 0.500. The quantitative estimate of drug-likeness (QED) is 0.494. The Morgan fingerprint density at radius 3 is 3.00 bits per heavy atom. The van der Waals surface area contributed by atoms with E-state index >= 15 is 0 Å². The zero-order chi connectivity index (χ0) is 6.69. The summed E-state index contributed by atoms with van der Waals surface area (Å²) in [7, 11) is 0. The zero-order valence-electron chi connectivity index (χ0n) is 5.60. The lowest BCUT2D eigenvalue weighted by Gasteiger charge is -2.13. The summed E-state index contributed by atoms with van der Waals surface area (Å²) < 4.78 is 0. The van der Waals surface area contributed by atoms with E-state index in [4.69, 9.17) is 11.6 Å². The number of hydrogen-bond acceptors (Lipinski definition) is 0. The molecule has 1 aliphatic rings. The minimum atomic E-state index is 0.660. The molecule has 9 heavy (non-hydrogen) atoms. The lowest BCUT2D eigenvalue weighted by Crippen LogP contribution is -2.01. The van der Waals surface area contributed by atoms with Crippen molar-refractivity contribution in [1.29, 1.82) is 0 Å². The van der Waals surface area contributed by atoms with Gasteiger partial charge >= 0.3 is 0 Å². The van der Waals surface area contributed by atoms with Crippen LogP contribution in [-0.4, -0.2) is 5.88 Å². The lowest BCUT2D eigenvalue weighted by atomic mass is 9.95. The molecule has 0 saturated heterocycles. The van der Waals surface area contributed by atoms with E-state index in [0.29, 0.717) is 11.8 Å². The fourth-order valence-electron chi connectivity index (χ4n) is 0.966. The second kappa shape index (κ2) is 3.07. The summed E-state index contributed by atoms with van der Waals surface area (Å²) in [4.78, 5) is 0. The molecule has 0 N–H and O–H groups in total. The first-order valence-electron chi connectivity index (χ1n) is 3.26. The van der Waals surface area contributed by atoms with Crippen molar-refractivity contribution in [3.8, 4) is 0 Å². The van der Waals surface area contributed by atoms with Gasteiger partial charge in [0.05, 0.1) is 0 Å². The number of hydrogen-bond donors (Lipinski definition) is 0. The monoisotopic (exact) mass is 142 g/mol. The third-order valence-corrected chi connectivity index (χ3v) is 2.03. The Balaban J connectivity index is 2.63. The second-order valence-electron chi connectivity index (χ2n) is 2.44. The van der Waals surface area contributed by atoms with Crippen molar-refractivity contribution in [1.82, 2.24) is 0 Å². The highest BCUT2D eigenvalue weighted by atomic mass is 35.5. The van der Waals surface area contributed by atoms with Crippen molar-refractivity contribution in [3.05, 3.63) is 23.8 Å². The largest absolute Gasteiger partial charge is 0.122 e. The Bertz CT molecular complexity index is 145. The van der Waals surface area contributed by atoms with E-state index in [1.807, 2.05) is 0 Å². The standard InChI is InChI=1S/C8H11Cl/c1-7-4-2-3-5-8(7)6-9/h2-3,5,7H,4,6H2,1H3. The van der Waals surface area contributed by atoms with Crippen LogP contribution in [0.3, 0.4) is 0 Å². The van der Waals surface area contributed by atoms with Crippen LogP contribution in [0.5, 0.6) is 0 Å². The molecular weight excluding hydrogens is 132 g/mol. The maximum atomic E-state index is 5.67. The summed E-state index contributed by atoms with van der Waals surface area (Å²) in [6.07, 6.45) is 7.53. The molecule has 0 spiro atoms. The maximum absolute atomic E-state index is 5.67. The summed E-state index contributed by atoms with van der Waals surface area (Å²) in [6.45, 7) is 2.21. The van der Waals surface area contributed by atoms with Crippen LogP contribution >= 0.6 is 11.6 Å². The molecule has 0 aromatic carbocycles. The molecule has 1 heteroatoms. The van der Waals surface area contributed by atoms with E-state index in [9.17, 15) is 0 Å². The highest BCUT2D eigenvalue weighted by molar-refractivity contribution is 6.19. The van der Waals surface area contributed by atoms with Gasteiger partial charge in [-0.05, 0) is 12.3 Å². The zero-order valence-corrected chi connectivity index (χ0v) is 6.36. The third-order valence-electron chi connectivity index (χ3n) is 1.72. The first kappa shape index (κ1) is 6.88. The predicted octanol–water partition coefficient (Wildman–Crippen LogP) is 2.75. The smallest absolute Gasteiger partial charge is 0.0439 e. The van der Waals surface area contributed by atoms with E-state index in [1.54, 1.807) is 0 Å². The van der Waals surface area contributed by atoms with Crippen LogP contribution in [0, 0.1) is 5.92 Å². The average molecular weight is 143 g/mol. The Morgan fingerprint density at radius 1 is 1.78 bits per heavy atom. The molecule has 1 atom stereocenters. The van der Waals surface area contributed by atoms with Crippen molar-refractivity contribution >= 4 is 11.6 Å². The topological polar surface area (TPSA) is 0 Å². The molecule has 50 valence electrons. The van der Waals surface area contributed by atoms with Crippen LogP contribution < -0.4 is 0 Å². The van der Waals surface area contributed by atoms with Crippen molar-refractivity contribution < 1.29 is 0 Å². The molecule has 0 bridgehead atoms. The first-order chi connectivity index (χ1) is 4.34. The van der Waals surface area contributed by atoms with Gasteiger partial charge in [-0.15, -0.1) is 11.6 Å². The molecule has 0 nitrogen and oxygen atoms in total. The van der Waals surface area contributed by atoms with Gasteiger partial charge in [-0.2, -0.15) is 0 Å². The summed E-state index contributed by atoms with van der Waals surface area (Å²) >= 11 is 5.67. The predicted molar refractivity (Wildman–Crippen MR) is 41.7 cm³/mol. The Hall–Kier alpha value is -0.230. The van der Waals surface area contributed by atoms with E-state index < -0.39 is 0 Å². The molecule has 0 aliphatic heterocycles. The van der Waals surface area contributed by atoms with Crippen LogP contribution in [0.2, 0.25) is 0 Å². The van der Waals surface area contributed by atoms with Crippen LogP contribution in [0.1, 0.15) is 13.3 Å². The van der Waals surface area contributed by atoms with Gasteiger partial charge in [0.2, 0.25) is 0 Å². The normalized spacial score (nSPS) is 26.0. The molecule has 0 aromatic rings. The molecule has 1 unspecified atom stereocenters. The molecule has 0 radical (unpaired) electrons. The molecular formula is C8H11Cl. The van der Waals surface area contributed by atoms with Crippen LogP contribution in [0.25, 0.3) is 0 Å². The Morgan fingerprint density at radius 2 is 2.56 bits per heavy atom. The molecule has 0 heterocycles.